The summed E-state index contributed by atoms with van der Waals surface area (Å²) in [6.07, 6.45) is 5.97. The molecule has 2 aromatic rings. The van der Waals surface area contributed by atoms with E-state index in [2.05, 4.69) is 36.2 Å². The number of rotatable bonds is 8. The normalized spacial score (nSPS) is 21.3. The molecule has 0 saturated carbocycles. The summed E-state index contributed by atoms with van der Waals surface area (Å²) in [4.78, 5) is 40.8. The first kappa shape index (κ1) is 23.4. The number of fused-ring (bicyclic) bond motifs is 2. The lowest BCUT2D eigenvalue weighted by atomic mass is 9.99. The molecular weight excluding hydrogens is 446 g/mol. The number of nitrogens with zero attached hydrogens (tertiary/aromatic N) is 2. The van der Waals surface area contributed by atoms with Crippen LogP contribution in [-0.4, -0.2) is 53.2 Å². The third-order valence-electron chi connectivity index (χ3n) is 7.16. The van der Waals surface area contributed by atoms with E-state index in [1.807, 2.05) is 12.1 Å². The van der Waals surface area contributed by atoms with Crippen molar-refractivity contribution in [1.29, 1.82) is 0 Å². The predicted molar refractivity (Wildman–Crippen MR) is 130 cm³/mol. The van der Waals surface area contributed by atoms with Crippen LogP contribution >= 0.6 is 0 Å². The molecule has 2 atom stereocenters. The Labute approximate surface area is 204 Å². The zero-order chi connectivity index (χ0) is 24.5. The van der Waals surface area contributed by atoms with Crippen LogP contribution in [0.1, 0.15) is 54.8 Å². The quantitative estimate of drug-likeness (QED) is 0.580. The van der Waals surface area contributed by atoms with Gasteiger partial charge in [0.05, 0.1) is 6.54 Å². The van der Waals surface area contributed by atoms with Gasteiger partial charge < -0.3 is 19.0 Å². The molecule has 1 aliphatic carbocycles. The highest BCUT2D eigenvalue weighted by molar-refractivity contribution is 6.05. The van der Waals surface area contributed by atoms with Gasteiger partial charge in [0.2, 0.25) is 11.8 Å². The maximum absolute atomic E-state index is 13.0. The van der Waals surface area contributed by atoms with E-state index < -0.39 is 11.9 Å². The van der Waals surface area contributed by atoms with Gasteiger partial charge in [-0.2, -0.15) is 0 Å². The number of carbonyl (C=O) groups is 3. The Hall–Kier alpha value is -3.39. The van der Waals surface area contributed by atoms with Crippen molar-refractivity contribution in [3.05, 3.63) is 51.8 Å². The van der Waals surface area contributed by atoms with Crippen molar-refractivity contribution in [2.45, 2.75) is 52.3 Å². The standard InChI is InChI=1S/C27H31N3O5/c1-3-29(4-2)14-17-8-10-23-18(12-17)13-19(35-23)16-34-24-7-5-6-20-21(24)15-30(27(20)33)22-9-11-25(31)28-26(22)32/h5-7,10,12-13,17,22H,3-4,8-9,11,14-16H2,1-2H3,(H,28,31,32). The fourth-order valence-corrected chi connectivity index (χ4v) is 5.20. The summed E-state index contributed by atoms with van der Waals surface area (Å²) in [5, 5.41) is 3.44. The van der Waals surface area contributed by atoms with Gasteiger partial charge in [0.15, 0.2) is 0 Å². The van der Waals surface area contributed by atoms with Gasteiger partial charge in [-0.25, -0.2) is 0 Å². The number of imide groups is 1. The minimum atomic E-state index is -0.646. The van der Waals surface area contributed by atoms with Gasteiger partial charge in [0.25, 0.3) is 5.91 Å². The van der Waals surface area contributed by atoms with E-state index in [-0.39, 0.29) is 31.4 Å². The van der Waals surface area contributed by atoms with Crippen molar-refractivity contribution < 1.29 is 23.5 Å². The molecule has 0 radical (unpaired) electrons. The summed E-state index contributed by atoms with van der Waals surface area (Å²) < 4.78 is 12.1. The molecule has 3 amide bonds. The molecule has 0 spiro atoms. The van der Waals surface area contributed by atoms with Crippen LogP contribution < -0.4 is 20.7 Å². The van der Waals surface area contributed by atoms with E-state index in [1.165, 1.54) is 4.90 Å². The van der Waals surface area contributed by atoms with E-state index in [4.69, 9.17) is 9.15 Å². The molecule has 1 aromatic carbocycles. The van der Waals surface area contributed by atoms with Gasteiger partial charge >= 0.3 is 0 Å². The zero-order valence-corrected chi connectivity index (χ0v) is 20.2. The fraction of sp³-hybridized carbons (Fsp3) is 0.444. The topological polar surface area (TPSA) is 92.1 Å². The molecule has 1 aromatic heterocycles. The van der Waals surface area contributed by atoms with Gasteiger partial charge in [-0.3, -0.25) is 19.7 Å². The summed E-state index contributed by atoms with van der Waals surface area (Å²) in [5.74, 6) is 0.877. The Morgan fingerprint density at radius 2 is 2.03 bits per heavy atom. The molecule has 35 heavy (non-hydrogen) atoms. The fourth-order valence-electron chi connectivity index (χ4n) is 5.20. The number of piperidine rings is 1. The largest absolute Gasteiger partial charge is 0.485 e. The molecule has 2 aliphatic heterocycles. The van der Waals surface area contributed by atoms with Crippen LogP contribution in [0.4, 0.5) is 0 Å². The first-order valence-corrected chi connectivity index (χ1v) is 12.4. The highest BCUT2D eigenvalue weighted by Crippen LogP contribution is 2.33. The molecule has 8 heteroatoms. The second kappa shape index (κ2) is 9.70. The Balaban J connectivity index is 1.29. The summed E-state index contributed by atoms with van der Waals surface area (Å²) in [5.41, 5.74) is 2.18. The lowest BCUT2D eigenvalue weighted by Gasteiger charge is -2.29. The molecule has 1 N–H and O–H groups in total. The molecule has 5 rings (SSSR count). The number of hydrogen-bond acceptors (Lipinski definition) is 6. The molecule has 0 bridgehead atoms. The van der Waals surface area contributed by atoms with Gasteiger partial charge in [0.1, 0.15) is 29.6 Å². The molecular formula is C27H31N3O5. The average Bonchev–Trinajstić information content (AvgIpc) is 3.42. The van der Waals surface area contributed by atoms with Crippen LogP contribution in [0.15, 0.2) is 28.7 Å². The van der Waals surface area contributed by atoms with Crippen LogP contribution in [0, 0.1) is 5.92 Å². The van der Waals surface area contributed by atoms with E-state index in [0.717, 1.165) is 48.0 Å². The number of ether oxygens (including phenoxy) is 1. The van der Waals surface area contributed by atoms with Crippen molar-refractivity contribution in [1.82, 2.24) is 15.1 Å². The number of nitrogens with one attached hydrogen (secondary N) is 1. The third-order valence-corrected chi connectivity index (χ3v) is 7.16. The first-order valence-electron chi connectivity index (χ1n) is 12.4. The van der Waals surface area contributed by atoms with Crippen LogP contribution in [0.5, 0.6) is 5.75 Å². The summed E-state index contributed by atoms with van der Waals surface area (Å²) >= 11 is 0. The van der Waals surface area contributed by atoms with E-state index in [0.29, 0.717) is 23.7 Å². The van der Waals surface area contributed by atoms with E-state index in [1.54, 1.807) is 12.1 Å². The number of amides is 3. The van der Waals surface area contributed by atoms with E-state index >= 15 is 0 Å². The number of carbonyl (C=O) groups excluding carboxylic acids is 3. The van der Waals surface area contributed by atoms with Crippen molar-refractivity contribution in [2.24, 2.45) is 5.92 Å². The zero-order valence-electron chi connectivity index (χ0n) is 20.2. The average molecular weight is 478 g/mol. The minimum absolute atomic E-state index is 0.211. The SMILES string of the molecule is CCN(CC)CC1C=c2cc(COc3cccc4c3CN(C3CCC(=O)NC3=O)C4=O)oc2=CC1. The molecule has 1 saturated heterocycles. The Morgan fingerprint density at radius 3 is 2.80 bits per heavy atom. The van der Waals surface area contributed by atoms with Crippen molar-refractivity contribution in [3.8, 4) is 5.75 Å². The number of furan rings is 1. The van der Waals surface area contributed by atoms with Crippen molar-refractivity contribution >= 4 is 29.9 Å². The maximum atomic E-state index is 13.0. The van der Waals surface area contributed by atoms with Gasteiger partial charge in [-0.05, 0) is 56.1 Å². The highest BCUT2D eigenvalue weighted by Gasteiger charge is 2.40. The molecule has 1 fully saturated rings. The van der Waals surface area contributed by atoms with Gasteiger partial charge in [-0.1, -0.05) is 26.0 Å². The molecule has 184 valence electrons. The maximum Gasteiger partial charge on any atom is 0.255 e. The Kier molecular flexibility index (Phi) is 6.47. The second-order valence-electron chi connectivity index (χ2n) is 9.36. The summed E-state index contributed by atoms with van der Waals surface area (Å²) in [7, 11) is 0. The number of benzene rings is 1. The van der Waals surface area contributed by atoms with E-state index in [9.17, 15) is 14.4 Å². The van der Waals surface area contributed by atoms with Crippen molar-refractivity contribution in [2.75, 3.05) is 19.6 Å². The third kappa shape index (κ3) is 4.62. The number of hydrogen-bond donors (Lipinski definition) is 1. The predicted octanol–water partition coefficient (Wildman–Crippen LogP) is 1.54. The minimum Gasteiger partial charge on any atom is -0.485 e. The van der Waals surface area contributed by atoms with Crippen molar-refractivity contribution in [3.63, 3.8) is 0 Å². The highest BCUT2D eigenvalue weighted by atomic mass is 16.5. The van der Waals surface area contributed by atoms with Crippen LogP contribution in [0.2, 0.25) is 0 Å². The van der Waals surface area contributed by atoms with Crippen LogP contribution in [0.3, 0.4) is 0 Å². The smallest absolute Gasteiger partial charge is 0.255 e. The van der Waals surface area contributed by atoms with Crippen LogP contribution in [0.25, 0.3) is 12.2 Å². The van der Waals surface area contributed by atoms with Crippen LogP contribution in [-0.2, 0) is 22.7 Å². The Morgan fingerprint density at radius 1 is 1.20 bits per heavy atom. The second-order valence-corrected chi connectivity index (χ2v) is 9.36. The summed E-state index contributed by atoms with van der Waals surface area (Å²) in [6.45, 7) is 8.03. The lowest BCUT2D eigenvalue weighted by molar-refractivity contribution is -0.136. The first-order chi connectivity index (χ1) is 17.0. The molecule has 2 unspecified atom stereocenters. The molecule has 3 heterocycles. The molecule has 8 nitrogen and oxygen atoms in total. The van der Waals surface area contributed by atoms with Gasteiger partial charge in [0, 0.05) is 29.3 Å². The summed E-state index contributed by atoms with van der Waals surface area (Å²) in [6, 6.07) is 6.76. The lowest BCUT2D eigenvalue weighted by Crippen LogP contribution is -2.52. The Bertz CT molecular complexity index is 1280. The molecule has 3 aliphatic rings. The van der Waals surface area contributed by atoms with Gasteiger partial charge in [-0.15, -0.1) is 0 Å². The monoisotopic (exact) mass is 477 g/mol.